The van der Waals surface area contributed by atoms with Gasteiger partial charge in [0.15, 0.2) is 16.7 Å². The zero-order valence-corrected chi connectivity index (χ0v) is 23.3. The van der Waals surface area contributed by atoms with Crippen LogP contribution in [-0.2, 0) is 18.7 Å². The van der Waals surface area contributed by atoms with E-state index in [0.29, 0.717) is 40.6 Å². The van der Waals surface area contributed by atoms with Crippen molar-refractivity contribution in [3.63, 3.8) is 0 Å². The van der Waals surface area contributed by atoms with E-state index in [4.69, 9.17) is 26.1 Å². The first-order valence-corrected chi connectivity index (χ1v) is 13.8. The molecule has 37 heavy (non-hydrogen) atoms. The van der Waals surface area contributed by atoms with Crippen LogP contribution in [0.15, 0.2) is 47.6 Å². The lowest BCUT2D eigenvalue weighted by atomic mass is 9.99. The minimum atomic E-state index is -0.0478. The van der Waals surface area contributed by atoms with E-state index in [1.807, 2.05) is 30.3 Å². The lowest BCUT2D eigenvalue weighted by molar-refractivity contribution is 0.0952. The zero-order valence-electron chi connectivity index (χ0n) is 21.7. The highest BCUT2D eigenvalue weighted by Crippen LogP contribution is 2.35. The Bertz CT molecular complexity index is 1250. The van der Waals surface area contributed by atoms with Crippen LogP contribution in [-0.4, -0.2) is 43.2 Å². The summed E-state index contributed by atoms with van der Waals surface area (Å²) in [5.74, 6) is 3.39. The fourth-order valence-electron chi connectivity index (χ4n) is 4.22. The third-order valence-corrected chi connectivity index (χ3v) is 7.38. The van der Waals surface area contributed by atoms with E-state index < -0.39 is 0 Å². The number of rotatable bonds is 10. The number of ether oxygens (including phenoxy) is 2. The molecule has 7 nitrogen and oxygen atoms in total. The lowest BCUT2D eigenvalue weighted by Crippen LogP contribution is -2.31. The number of thioether (sulfide) groups is 1. The van der Waals surface area contributed by atoms with Gasteiger partial charge in [-0.3, -0.25) is 4.79 Å². The Kier molecular flexibility index (Phi) is 9.16. The van der Waals surface area contributed by atoms with E-state index in [9.17, 15) is 4.79 Å². The van der Waals surface area contributed by atoms with Gasteiger partial charge in [-0.15, -0.1) is 0 Å². The summed E-state index contributed by atoms with van der Waals surface area (Å²) >= 11 is 7.90. The molecule has 2 aromatic carbocycles. The Hall–Kier alpha value is -2.97. The highest BCUT2D eigenvalue weighted by Gasteiger charge is 2.21. The van der Waals surface area contributed by atoms with Crippen molar-refractivity contribution in [3.8, 4) is 11.5 Å². The summed E-state index contributed by atoms with van der Waals surface area (Å²) in [5.41, 5.74) is 4.11. The minimum absolute atomic E-state index is 0.0478. The Labute approximate surface area is 227 Å². The second-order valence-corrected chi connectivity index (χ2v) is 10.7. The van der Waals surface area contributed by atoms with Crippen molar-refractivity contribution in [1.29, 1.82) is 0 Å². The number of anilines is 1. The lowest BCUT2D eigenvalue weighted by Gasteiger charge is -2.30. The molecule has 0 aliphatic carbocycles. The van der Waals surface area contributed by atoms with Crippen molar-refractivity contribution >= 4 is 35.1 Å². The van der Waals surface area contributed by atoms with Crippen LogP contribution in [0, 0.1) is 5.92 Å². The average Bonchev–Trinajstić information content (AvgIpc) is 2.90. The van der Waals surface area contributed by atoms with E-state index in [2.05, 4.69) is 35.1 Å². The molecule has 0 spiro atoms. The van der Waals surface area contributed by atoms with Crippen LogP contribution >= 0.6 is 23.4 Å². The monoisotopic (exact) mass is 540 g/mol. The molecule has 0 fully saturated rings. The number of hydrogen-bond acceptors (Lipinski definition) is 7. The molecule has 0 atom stereocenters. The molecule has 2 heterocycles. The number of benzene rings is 2. The van der Waals surface area contributed by atoms with Gasteiger partial charge in [0.2, 0.25) is 0 Å². The number of carbonyl (C=O) groups is 1. The molecule has 0 bridgehead atoms. The number of nitrogens with one attached hydrogen (secondary N) is 1. The van der Waals surface area contributed by atoms with Crippen LogP contribution in [0.3, 0.4) is 0 Å². The topological polar surface area (TPSA) is 76.6 Å². The number of carbonyl (C=O) groups excluding carboxylic acids is 1. The van der Waals surface area contributed by atoms with Gasteiger partial charge in [0.25, 0.3) is 5.91 Å². The molecule has 1 amide bonds. The van der Waals surface area contributed by atoms with Crippen LogP contribution in [0.4, 0.5) is 5.82 Å². The average molecular weight is 541 g/mol. The highest BCUT2D eigenvalue weighted by molar-refractivity contribution is 7.98. The number of fused-ring (bicyclic) bond motifs is 1. The minimum Gasteiger partial charge on any atom is -0.493 e. The summed E-state index contributed by atoms with van der Waals surface area (Å²) in [7, 11) is 3.30. The second-order valence-electron chi connectivity index (χ2n) is 9.41. The maximum absolute atomic E-state index is 12.5. The summed E-state index contributed by atoms with van der Waals surface area (Å²) in [6.07, 6.45) is 1.83. The number of hydrogen-bond donors (Lipinski definition) is 1. The molecule has 4 rings (SSSR count). The molecule has 196 valence electrons. The number of methoxy groups -OCH3 is 2. The number of nitrogens with zero attached hydrogens (tertiary/aromatic N) is 3. The van der Waals surface area contributed by atoms with Gasteiger partial charge in [0, 0.05) is 37.0 Å². The van der Waals surface area contributed by atoms with Gasteiger partial charge in [-0.2, -0.15) is 0 Å². The van der Waals surface area contributed by atoms with Crippen LogP contribution in [0.5, 0.6) is 11.5 Å². The van der Waals surface area contributed by atoms with Gasteiger partial charge in [-0.05, 0) is 59.7 Å². The van der Waals surface area contributed by atoms with Gasteiger partial charge >= 0.3 is 0 Å². The third-order valence-electron chi connectivity index (χ3n) is 6.27. The van der Waals surface area contributed by atoms with Gasteiger partial charge in [-0.1, -0.05) is 49.3 Å². The summed E-state index contributed by atoms with van der Waals surface area (Å²) in [6, 6.07) is 13.6. The van der Waals surface area contributed by atoms with Gasteiger partial charge in [-0.25, -0.2) is 9.97 Å². The van der Waals surface area contributed by atoms with Crippen molar-refractivity contribution in [2.75, 3.05) is 32.2 Å². The maximum atomic E-state index is 12.5. The SMILES string of the molecule is COc1cc2c(cc1OC)CN(c1cc(Cl)nc(SCc3cccc(C(=O)NCCC(C)C)c3)n1)CC2. The first-order chi connectivity index (χ1) is 17.9. The summed E-state index contributed by atoms with van der Waals surface area (Å²) in [4.78, 5) is 23.9. The summed E-state index contributed by atoms with van der Waals surface area (Å²) in [6.45, 7) is 6.48. The van der Waals surface area contributed by atoms with Crippen LogP contribution in [0.1, 0.15) is 47.3 Å². The van der Waals surface area contributed by atoms with Crippen molar-refractivity contribution in [2.24, 2.45) is 5.92 Å². The first kappa shape index (κ1) is 27.1. The van der Waals surface area contributed by atoms with Crippen molar-refractivity contribution < 1.29 is 14.3 Å². The molecule has 1 aromatic heterocycles. The fraction of sp³-hybridized carbons (Fsp3) is 0.393. The largest absolute Gasteiger partial charge is 0.493 e. The van der Waals surface area contributed by atoms with E-state index in [1.165, 1.54) is 22.9 Å². The summed E-state index contributed by atoms with van der Waals surface area (Å²) in [5, 5.41) is 4.01. The summed E-state index contributed by atoms with van der Waals surface area (Å²) < 4.78 is 10.9. The van der Waals surface area contributed by atoms with Gasteiger partial charge in [0.05, 0.1) is 14.2 Å². The number of aromatic nitrogens is 2. The van der Waals surface area contributed by atoms with E-state index in [0.717, 1.165) is 42.3 Å². The quantitative estimate of drug-likeness (QED) is 0.198. The Morgan fingerprint density at radius 3 is 2.59 bits per heavy atom. The fourth-order valence-corrected chi connectivity index (χ4v) is 5.24. The molecule has 0 saturated carbocycles. The molecule has 0 saturated heterocycles. The predicted octanol–water partition coefficient (Wildman–Crippen LogP) is 5.78. The van der Waals surface area contributed by atoms with E-state index in [-0.39, 0.29) is 5.91 Å². The van der Waals surface area contributed by atoms with Crippen molar-refractivity contribution in [2.45, 2.75) is 44.1 Å². The normalized spacial score (nSPS) is 12.9. The van der Waals surface area contributed by atoms with Crippen LogP contribution < -0.4 is 19.7 Å². The number of amides is 1. The zero-order chi connectivity index (χ0) is 26.4. The van der Waals surface area contributed by atoms with Crippen LogP contribution in [0.2, 0.25) is 5.15 Å². The highest BCUT2D eigenvalue weighted by atomic mass is 35.5. The maximum Gasteiger partial charge on any atom is 0.251 e. The molecule has 0 radical (unpaired) electrons. The van der Waals surface area contributed by atoms with Crippen molar-refractivity contribution in [1.82, 2.24) is 15.3 Å². The van der Waals surface area contributed by atoms with E-state index in [1.54, 1.807) is 20.3 Å². The van der Waals surface area contributed by atoms with E-state index >= 15 is 0 Å². The smallest absolute Gasteiger partial charge is 0.251 e. The molecular weight excluding hydrogens is 508 g/mol. The van der Waals surface area contributed by atoms with Gasteiger partial charge < -0.3 is 19.7 Å². The second kappa shape index (κ2) is 12.5. The molecule has 1 aliphatic heterocycles. The molecular formula is C28H33ClN4O3S. The Morgan fingerprint density at radius 2 is 1.86 bits per heavy atom. The molecule has 1 aliphatic rings. The molecule has 9 heteroatoms. The third kappa shape index (κ3) is 7.08. The Morgan fingerprint density at radius 1 is 1.11 bits per heavy atom. The molecule has 3 aromatic rings. The predicted molar refractivity (Wildman–Crippen MR) is 149 cm³/mol. The molecule has 0 unspecified atom stereocenters. The molecule has 1 N–H and O–H groups in total. The number of halogens is 1. The first-order valence-electron chi connectivity index (χ1n) is 12.4. The van der Waals surface area contributed by atoms with Crippen molar-refractivity contribution in [3.05, 3.63) is 69.9 Å². The Balaban J connectivity index is 1.43. The van der Waals surface area contributed by atoms with Gasteiger partial charge in [0.1, 0.15) is 11.0 Å². The van der Waals surface area contributed by atoms with Crippen LogP contribution in [0.25, 0.3) is 0 Å². The standard InChI is InChI=1S/C28H33ClN4O3S/c1-18(2)8-10-30-27(34)21-7-5-6-19(12-21)17-37-28-31-25(29)15-26(32-28)33-11-9-20-13-23(35-3)24(36-4)14-22(20)16-33/h5-7,12-15,18H,8-11,16-17H2,1-4H3,(H,30,34).